The third-order valence-corrected chi connectivity index (χ3v) is 7.81. The number of sulfone groups is 1. The summed E-state index contributed by atoms with van der Waals surface area (Å²) in [6.07, 6.45) is 1.24. The molecule has 1 aliphatic heterocycles. The van der Waals surface area contributed by atoms with E-state index in [1.807, 2.05) is 37.3 Å². The van der Waals surface area contributed by atoms with E-state index in [-0.39, 0.29) is 5.75 Å². The maximum absolute atomic E-state index is 11.6. The standard InChI is InChI=1S/C25H36N8O3S2/c1-18-16-21(30-29-18)26-23-22(36-4)24(33-14-12-32(13-15-33)11-10-31(2)3)28-25(27-23)37-20-8-6-19(7-9-20)17-38(5,34)35/h6-9,16H,10-15,17H2,1-5H3,(H2,26,27,28,29,30). The summed E-state index contributed by atoms with van der Waals surface area (Å²) in [4.78, 5) is 17.5. The summed E-state index contributed by atoms with van der Waals surface area (Å²) in [5.41, 5.74) is 1.68. The fourth-order valence-corrected chi connectivity index (χ4v) is 5.69. The van der Waals surface area contributed by atoms with Gasteiger partial charge in [0, 0.05) is 62.2 Å². The number of nitrogens with zero attached hydrogens (tertiary/aromatic N) is 6. The Hall–Kier alpha value is -2.87. The van der Waals surface area contributed by atoms with Crippen molar-refractivity contribution in [1.29, 1.82) is 0 Å². The summed E-state index contributed by atoms with van der Waals surface area (Å²) in [5, 5.41) is 11.1. The molecule has 0 spiro atoms. The monoisotopic (exact) mass is 560 g/mol. The van der Waals surface area contributed by atoms with Crippen LogP contribution >= 0.6 is 11.8 Å². The molecule has 3 aromatic rings. The van der Waals surface area contributed by atoms with Crippen LogP contribution in [0.1, 0.15) is 11.3 Å². The summed E-state index contributed by atoms with van der Waals surface area (Å²) in [7, 11) is 2.72. The van der Waals surface area contributed by atoms with Crippen LogP contribution in [0.15, 0.2) is 40.4 Å². The number of aromatic nitrogens is 4. The SMILES string of the molecule is COc1c(Nc2cc(C)[nH]n2)nc(Sc2ccc(CS(C)(=O)=O)cc2)nc1N1CCN(CCN(C)C)CC1. The second-order valence-electron chi connectivity index (χ2n) is 9.72. The first-order chi connectivity index (χ1) is 18.1. The quantitative estimate of drug-likeness (QED) is 0.337. The summed E-state index contributed by atoms with van der Waals surface area (Å²) in [6, 6.07) is 9.34. The molecule has 38 heavy (non-hydrogen) atoms. The van der Waals surface area contributed by atoms with Gasteiger partial charge in [0.25, 0.3) is 0 Å². The average molecular weight is 561 g/mol. The van der Waals surface area contributed by atoms with Crippen LogP contribution in [0, 0.1) is 6.92 Å². The number of aryl methyl sites for hydroxylation is 1. The second-order valence-corrected chi connectivity index (χ2v) is 12.9. The molecular formula is C25H36N8O3S2. The molecule has 1 saturated heterocycles. The first-order valence-corrected chi connectivity index (χ1v) is 15.3. The summed E-state index contributed by atoms with van der Waals surface area (Å²) in [5.74, 6) is 2.50. The molecule has 0 aliphatic carbocycles. The molecule has 2 N–H and O–H groups in total. The fourth-order valence-electron chi connectivity index (χ4n) is 4.14. The number of aromatic amines is 1. The van der Waals surface area contributed by atoms with Gasteiger partial charge in [-0.1, -0.05) is 12.1 Å². The number of nitrogens with one attached hydrogen (secondary N) is 2. The van der Waals surface area contributed by atoms with Crippen LogP contribution in [0.2, 0.25) is 0 Å². The maximum atomic E-state index is 11.6. The molecule has 1 fully saturated rings. The van der Waals surface area contributed by atoms with Gasteiger partial charge in [-0.2, -0.15) is 5.10 Å². The number of benzene rings is 1. The van der Waals surface area contributed by atoms with E-state index in [4.69, 9.17) is 14.7 Å². The molecule has 3 heterocycles. The summed E-state index contributed by atoms with van der Waals surface area (Å²) < 4.78 is 29.1. The van der Waals surface area contributed by atoms with Gasteiger partial charge >= 0.3 is 0 Å². The Kier molecular flexibility index (Phi) is 9.13. The molecule has 0 amide bonds. The number of likely N-dealkylation sites (N-methyl/N-ethyl adjacent to an activating group) is 1. The third kappa shape index (κ3) is 7.82. The molecule has 206 valence electrons. The highest BCUT2D eigenvalue weighted by Crippen LogP contribution is 2.38. The van der Waals surface area contributed by atoms with Gasteiger partial charge in [-0.3, -0.25) is 10.00 Å². The van der Waals surface area contributed by atoms with E-state index in [9.17, 15) is 8.42 Å². The zero-order valence-corrected chi connectivity index (χ0v) is 24.2. The zero-order valence-electron chi connectivity index (χ0n) is 22.6. The van der Waals surface area contributed by atoms with Crippen molar-refractivity contribution in [3.8, 4) is 5.75 Å². The van der Waals surface area contributed by atoms with Gasteiger partial charge in [0.15, 0.2) is 32.4 Å². The van der Waals surface area contributed by atoms with Crippen LogP contribution in [0.25, 0.3) is 0 Å². The predicted molar refractivity (Wildman–Crippen MR) is 152 cm³/mol. The van der Waals surface area contributed by atoms with Crippen molar-refractivity contribution in [2.45, 2.75) is 22.7 Å². The molecule has 1 aromatic carbocycles. The Morgan fingerprint density at radius 3 is 2.42 bits per heavy atom. The van der Waals surface area contributed by atoms with Crippen molar-refractivity contribution >= 4 is 39.1 Å². The number of methoxy groups -OCH3 is 1. The lowest BCUT2D eigenvalue weighted by molar-refractivity contribution is 0.228. The number of anilines is 3. The van der Waals surface area contributed by atoms with Crippen LogP contribution in [0.3, 0.4) is 0 Å². The van der Waals surface area contributed by atoms with Gasteiger partial charge in [-0.25, -0.2) is 18.4 Å². The molecule has 0 atom stereocenters. The highest BCUT2D eigenvalue weighted by molar-refractivity contribution is 7.99. The molecule has 1 aliphatic rings. The second kappa shape index (κ2) is 12.3. The fraction of sp³-hybridized carbons (Fsp3) is 0.480. The van der Waals surface area contributed by atoms with Crippen molar-refractivity contribution < 1.29 is 13.2 Å². The van der Waals surface area contributed by atoms with E-state index < -0.39 is 9.84 Å². The molecule has 2 aromatic heterocycles. The smallest absolute Gasteiger partial charge is 0.204 e. The van der Waals surface area contributed by atoms with Crippen molar-refractivity contribution in [2.24, 2.45) is 0 Å². The Morgan fingerprint density at radius 1 is 1.13 bits per heavy atom. The maximum Gasteiger partial charge on any atom is 0.204 e. The number of hydrogen-bond acceptors (Lipinski definition) is 11. The van der Waals surface area contributed by atoms with Crippen LogP contribution < -0.4 is 15.0 Å². The lowest BCUT2D eigenvalue weighted by Gasteiger charge is -2.36. The Bertz CT molecular complexity index is 1320. The highest BCUT2D eigenvalue weighted by atomic mass is 32.2. The van der Waals surface area contributed by atoms with E-state index in [1.165, 1.54) is 18.0 Å². The molecule has 4 rings (SSSR count). The molecule has 11 nitrogen and oxygen atoms in total. The van der Waals surface area contributed by atoms with Crippen molar-refractivity contribution in [3.05, 3.63) is 41.6 Å². The average Bonchev–Trinajstić information content (AvgIpc) is 3.27. The normalized spacial score (nSPS) is 14.7. The molecule has 0 unspecified atom stereocenters. The third-order valence-electron chi connectivity index (χ3n) is 6.08. The van der Waals surface area contributed by atoms with E-state index in [2.05, 4.69) is 44.3 Å². The predicted octanol–water partition coefficient (Wildman–Crippen LogP) is 2.64. The van der Waals surface area contributed by atoms with E-state index in [1.54, 1.807) is 7.11 Å². The highest BCUT2D eigenvalue weighted by Gasteiger charge is 2.25. The Labute approximate surface area is 228 Å². The minimum Gasteiger partial charge on any atom is -0.490 e. The van der Waals surface area contributed by atoms with Crippen molar-refractivity contribution in [1.82, 2.24) is 30.0 Å². The molecular weight excluding hydrogens is 524 g/mol. The topological polar surface area (TPSA) is 120 Å². The van der Waals surface area contributed by atoms with Gasteiger partial charge in [-0.15, -0.1) is 0 Å². The largest absolute Gasteiger partial charge is 0.490 e. The van der Waals surface area contributed by atoms with Gasteiger partial charge in [0.1, 0.15) is 0 Å². The lowest BCUT2D eigenvalue weighted by Crippen LogP contribution is -2.48. The van der Waals surface area contributed by atoms with E-state index in [0.717, 1.165) is 61.2 Å². The molecule has 0 saturated carbocycles. The molecule has 0 bridgehead atoms. The van der Waals surface area contributed by atoms with Crippen LogP contribution in [-0.4, -0.2) is 105 Å². The van der Waals surface area contributed by atoms with E-state index in [0.29, 0.717) is 22.5 Å². The Balaban J connectivity index is 1.60. The van der Waals surface area contributed by atoms with Crippen LogP contribution in [-0.2, 0) is 15.6 Å². The summed E-state index contributed by atoms with van der Waals surface area (Å²) in [6.45, 7) is 7.52. The minimum atomic E-state index is -3.09. The van der Waals surface area contributed by atoms with Crippen molar-refractivity contribution in [2.75, 3.05) is 76.9 Å². The first-order valence-electron chi connectivity index (χ1n) is 12.4. The number of ether oxygens (including phenoxy) is 1. The number of rotatable bonds is 11. The van der Waals surface area contributed by atoms with Gasteiger partial charge in [0.2, 0.25) is 5.75 Å². The first kappa shape index (κ1) is 28.1. The van der Waals surface area contributed by atoms with Crippen LogP contribution in [0.5, 0.6) is 5.75 Å². The number of H-pyrrole nitrogens is 1. The van der Waals surface area contributed by atoms with Gasteiger partial charge < -0.3 is 19.9 Å². The number of hydrogen-bond donors (Lipinski definition) is 2. The molecule has 0 radical (unpaired) electrons. The van der Waals surface area contributed by atoms with Gasteiger partial charge in [0.05, 0.1) is 12.9 Å². The zero-order chi connectivity index (χ0) is 27.3. The summed E-state index contributed by atoms with van der Waals surface area (Å²) >= 11 is 1.42. The van der Waals surface area contributed by atoms with Crippen LogP contribution in [0.4, 0.5) is 17.5 Å². The Morgan fingerprint density at radius 2 is 1.84 bits per heavy atom. The molecule has 13 heteroatoms. The van der Waals surface area contributed by atoms with Crippen molar-refractivity contribution in [3.63, 3.8) is 0 Å². The lowest BCUT2D eigenvalue weighted by atomic mass is 10.2. The van der Waals surface area contributed by atoms with E-state index >= 15 is 0 Å². The number of piperazine rings is 1. The van der Waals surface area contributed by atoms with Gasteiger partial charge in [-0.05, 0) is 50.5 Å². The minimum absolute atomic E-state index is 0.0127.